The lowest BCUT2D eigenvalue weighted by molar-refractivity contribution is -0.178. The molecule has 32 heavy (non-hydrogen) atoms. The lowest BCUT2D eigenvalue weighted by Gasteiger charge is -2.34. The summed E-state index contributed by atoms with van der Waals surface area (Å²) in [4.78, 5) is 27.5. The molecule has 1 unspecified atom stereocenters. The number of carbonyl (C=O) groups excluding carboxylic acids is 2. The van der Waals surface area contributed by atoms with E-state index in [4.69, 9.17) is 4.74 Å². The summed E-state index contributed by atoms with van der Waals surface area (Å²) in [5.74, 6) is -3.69. The maximum Gasteiger partial charge on any atom is 0.406 e. The lowest BCUT2D eigenvalue weighted by Crippen LogP contribution is -2.46. The van der Waals surface area contributed by atoms with Gasteiger partial charge in [0.25, 0.3) is 5.91 Å². The molecule has 11 heteroatoms. The molecule has 0 bridgehead atoms. The molecule has 0 radical (unpaired) electrons. The number of azo groups is 1. The van der Waals surface area contributed by atoms with Crippen LogP contribution in [0, 0.1) is 5.92 Å². The zero-order valence-corrected chi connectivity index (χ0v) is 17.3. The van der Waals surface area contributed by atoms with Crippen molar-refractivity contribution in [2.45, 2.75) is 25.2 Å². The van der Waals surface area contributed by atoms with Crippen molar-refractivity contribution in [1.29, 1.82) is 0 Å². The highest BCUT2D eigenvalue weighted by molar-refractivity contribution is 5.83. The Morgan fingerprint density at radius 2 is 1.97 bits per heavy atom. The first-order chi connectivity index (χ1) is 15.4. The second-order valence-corrected chi connectivity index (χ2v) is 7.88. The minimum atomic E-state index is -4.78. The van der Waals surface area contributed by atoms with Gasteiger partial charge >= 0.3 is 6.18 Å². The molecule has 0 spiro atoms. The summed E-state index contributed by atoms with van der Waals surface area (Å²) >= 11 is 0. The van der Waals surface area contributed by atoms with Crippen molar-refractivity contribution in [2.24, 2.45) is 16.1 Å². The first-order valence-electron chi connectivity index (χ1n) is 10.5. The van der Waals surface area contributed by atoms with E-state index in [0.717, 1.165) is 30.4 Å². The Morgan fingerprint density at radius 1 is 1.22 bits per heavy atom. The number of nitrogens with zero attached hydrogens (tertiary/aromatic N) is 4. The van der Waals surface area contributed by atoms with E-state index in [2.05, 4.69) is 15.5 Å². The average molecular weight is 451 g/mol. The van der Waals surface area contributed by atoms with Crippen LogP contribution in [0.4, 0.5) is 13.2 Å². The van der Waals surface area contributed by atoms with Gasteiger partial charge in [-0.15, -0.1) is 5.11 Å². The quantitative estimate of drug-likeness (QED) is 0.672. The van der Waals surface area contributed by atoms with Crippen LogP contribution in [0.2, 0.25) is 0 Å². The first-order valence-corrected chi connectivity index (χ1v) is 10.5. The standard InChI is InChI=1S/C21H24F3N5O3/c22-21(23,24)19-16(11-26-27-20(19)31)29-12-14-3-1-2-4-15(14)17(29)13-32-10-5-18(30)28-8-6-25-7-9-28/h1-4,11,17,19,25H,5-10,12-13H2/t17-,19?/m0/s1. The monoisotopic (exact) mass is 451 g/mol. The molecular weight excluding hydrogens is 427 g/mol. The van der Waals surface area contributed by atoms with Crippen LogP contribution in [-0.2, 0) is 20.9 Å². The molecule has 1 aromatic carbocycles. The zero-order chi connectivity index (χ0) is 22.7. The molecule has 1 fully saturated rings. The number of alkyl halides is 3. The smallest absolute Gasteiger partial charge is 0.378 e. The third-order valence-corrected chi connectivity index (χ3v) is 5.88. The van der Waals surface area contributed by atoms with Gasteiger partial charge in [0, 0.05) is 32.7 Å². The van der Waals surface area contributed by atoms with Crippen LogP contribution in [0.15, 0.2) is 46.4 Å². The van der Waals surface area contributed by atoms with E-state index >= 15 is 0 Å². The van der Waals surface area contributed by atoms with Gasteiger partial charge in [-0.2, -0.15) is 18.3 Å². The molecule has 172 valence electrons. The van der Waals surface area contributed by atoms with Gasteiger partial charge in [-0.25, -0.2) is 0 Å². The Kier molecular flexibility index (Phi) is 6.56. The van der Waals surface area contributed by atoms with E-state index < -0.39 is 24.0 Å². The van der Waals surface area contributed by atoms with Gasteiger partial charge in [0.05, 0.1) is 37.6 Å². The van der Waals surface area contributed by atoms with E-state index in [1.165, 1.54) is 4.90 Å². The van der Waals surface area contributed by atoms with E-state index in [1.54, 1.807) is 4.90 Å². The van der Waals surface area contributed by atoms with Gasteiger partial charge in [0.1, 0.15) is 0 Å². The SMILES string of the molecule is O=C1N=NC=C(N2Cc3ccccc3[C@@H]2COCCC(=O)N2CCNCC2)C1C(F)(F)F. The minimum Gasteiger partial charge on any atom is -0.378 e. The topological polar surface area (TPSA) is 86.6 Å². The molecule has 1 saturated heterocycles. The third-order valence-electron chi connectivity index (χ3n) is 5.88. The van der Waals surface area contributed by atoms with Crippen molar-refractivity contribution in [3.63, 3.8) is 0 Å². The summed E-state index contributed by atoms with van der Waals surface area (Å²) in [6, 6.07) is 6.77. The summed E-state index contributed by atoms with van der Waals surface area (Å²) < 4.78 is 46.7. The summed E-state index contributed by atoms with van der Waals surface area (Å²) in [5.41, 5.74) is 1.45. The third kappa shape index (κ3) is 4.68. The second-order valence-electron chi connectivity index (χ2n) is 7.88. The number of halogens is 3. The highest BCUT2D eigenvalue weighted by Crippen LogP contribution is 2.44. The van der Waals surface area contributed by atoms with Crippen molar-refractivity contribution in [3.05, 3.63) is 47.3 Å². The molecule has 0 saturated carbocycles. The lowest BCUT2D eigenvalue weighted by atomic mass is 10.0. The highest BCUT2D eigenvalue weighted by Gasteiger charge is 2.52. The zero-order valence-electron chi connectivity index (χ0n) is 17.3. The molecule has 8 nitrogen and oxygen atoms in total. The van der Waals surface area contributed by atoms with E-state index in [1.807, 2.05) is 24.3 Å². The number of hydrogen-bond donors (Lipinski definition) is 1. The Bertz CT molecular complexity index is 928. The fraction of sp³-hybridized carbons (Fsp3) is 0.524. The van der Waals surface area contributed by atoms with Crippen molar-refractivity contribution < 1.29 is 27.5 Å². The van der Waals surface area contributed by atoms with Crippen LogP contribution in [0.5, 0.6) is 0 Å². The Morgan fingerprint density at radius 3 is 2.72 bits per heavy atom. The second kappa shape index (κ2) is 9.37. The molecule has 0 aliphatic carbocycles. The molecule has 1 N–H and O–H groups in total. The predicted octanol–water partition coefficient (Wildman–Crippen LogP) is 2.39. The number of benzene rings is 1. The Balaban J connectivity index is 1.46. The Labute approximate surface area is 183 Å². The van der Waals surface area contributed by atoms with Crippen LogP contribution in [0.25, 0.3) is 0 Å². The first kappa shape index (κ1) is 22.4. The number of rotatable bonds is 6. The number of fused-ring (bicyclic) bond motifs is 1. The molecule has 3 aliphatic heterocycles. The average Bonchev–Trinajstić information content (AvgIpc) is 3.14. The van der Waals surface area contributed by atoms with Gasteiger partial charge in [-0.3, -0.25) is 9.59 Å². The van der Waals surface area contributed by atoms with Crippen molar-refractivity contribution in [2.75, 3.05) is 39.4 Å². The highest BCUT2D eigenvalue weighted by atomic mass is 19.4. The van der Waals surface area contributed by atoms with Gasteiger partial charge < -0.3 is 19.9 Å². The van der Waals surface area contributed by atoms with E-state index in [9.17, 15) is 22.8 Å². The molecule has 0 aromatic heterocycles. The number of amides is 2. The normalized spacial score (nSPS) is 23.3. The summed E-state index contributed by atoms with van der Waals surface area (Å²) in [5, 5.41) is 9.77. The molecule has 1 aromatic rings. The van der Waals surface area contributed by atoms with Gasteiger partial charge in [-0.05, 0) is 11.1 Å². The fourth-order valence-corrected chi connectivity index (χ4v) is 4.29. The van der Waals surface area contributed by atoms with Crippen LogP contribution in [0.3, 0.4) is 0 Å². The van der Waals surface area contributed by atoms with Crippen molar-refractivity contribution in [3.8, 4) is 0 Å². The summed E-state index contributed by atoms with van der Waals surface area (Å²) in [6.07, 6.45) is -3.57. The minimum absolute atomic E-state index is 0.00619. The van der Waals surface area contributed by atoms with Crippen LogP contribution >= 0.6 is 0 Å². The number of carbonyl (C=O) groups is 2. The summed E-state index contributed by atoms with van der Waals surface area (Å²) in [6.45, 7) is 3.26. The maximum atomic E-state index is 13.7. The van der Waals surface area contributed by atoms with Crippen molar-refractivity contribution >= 4 is 11.8 Å². The molecule has 4 rings (SSSR count). The predicted molar refractivity (Wildman–Crippen MR) is 107 cm³/mol. The van der Waals surface area contributed by atoms with Gasteiger partial charge in [0.2, 0.25) is 5.91 Å². The molecule has 2 amide bonds. The van der Waals surface area contributed by atoms with Gasteiger partial charge in [-0.1, -0.05) is 24.3 Å². The van der Waals surface area contributed by atoms with Crippen LogP contribution < -0.4 is 5.32 Å². The van der Waals surface area contributed by atoms with Crippen LogP contribution in [0.1, 0.15) is 23.6 Å². The molecule has 3 heterocycles. The summed E-state index contributed by atoms with van der Waals surface area (Å²) in [7, 11) is 0. The largest absolute Gasteiger partial charge is 0.406 e. The van der Waals surface area contributed by atoms with Crippen LogP contribution in [-0.4, -0.2) is 67.2 Å². The van der Waals surface area contributed by atoms with E-state index in [0.29, 0.717) is 13.1 Å². The number of hydrogen-bond acceptors (Lipinski definition) is 6. The fourth-order valence-electron chi connectivity index (χ4n) is 4.29. The Hall–Kier alpha value is -2.79. The maximum absolute atomic E-state index is 13.7. The van der Waals surface area contributed by atoms with Crippen molar-refractivity contribution in [1.82, 2.24) is 15.1 Å². The number of piperazine rings is 1. The number of ether oxygens (including phenoxy) is 1. The van der Waals surface area contributed by atoms with Gasteiger partial charge in [0.15, 0.2) is 5.92 Å². The van der Waals surface area contributed by atoms with E-state index in [-0.39, 0.29) is 37.8 Å². The molecule has 3 aliphatic rings. The molecule has 2 atom stereocenters. The molecular formula is C21H24F3N5O3. The number of nitrogens with one attached hydrogen (secondary N) is 1.